The molecule has 168 valence electrons. The summed E-state index contributed by atoms with van der Waals surface area (Å²) in [5.74, 6) is 6.61. The van der Waals surface area contributed by atoms with E-state index in [4.69, 9.17) is 4.74 Å². The standard InChI is InChI=1S/C26H47NO2/c1-4-20-15-22(20)17-24-19-25(24)18-23-16-21(23)11-8-6-5-7-9-12-26(28)29-14-10-13-27(2)3/h20-25H,4-19H2,1-3H3. The third-order valence-corrected chi connectivity index (χ3v) is 7.91. The maximum atomic E-state index is 11.7. The summed E-state index contributed by atoms with van der Waals surface area (Å²) < 4.78 is 5.29. The molecule has 3 heteroatoms. The fraction of sp³-hybridized carbons (Fsp3) is 0.962. The summed E-state index contributed by atoms with van der Waals surface area (Å²) in [5, 5.41) is 0. The van der Waals surface area contributed by atoms with Crippen LogP contribution in [0.5, 0.6) is 0 Å². The van der Waals surface area contributed by atoms with E-state index < -0.39 is 0 Å². The molecule has 0 aromatic rings. The Bertz CT molecular complexity index is 491. The average Bonchev–Trinajstić information content (AvgIpc) is 3.59. The molecule has 6 atom stereocenters. The largest absolute Gasteiger partial charge is 0.466 e. The van der Waals surface area contributed by atoms with Gasteiger partial charge in [0.25, 0.3) is 0 Å². The lowest BCUT2D eigenvalue weighted by atomic mass is 10.0. The van der Waals surface area contributed by atoms with Crippen LogP contribution in [-0.4, -0.2) is 38.1 Å². The predicted molar refractivity (Wildman–Crippen MR) is 121 cm³/mol. The average molecular weight is 406 g/mol. The van der Waals surface area contributed by atoms with E-state index in [-0.39, 0.29) is 5.97 Å². The molecule has 29 heavy (non-hydrogen) atoms. The van der Waals surface area contributed by atoms with Gasteiger partial charge in [-0.1, -0.05) is 45.4 Å². The molecule has 0 amide bonds. The lowest BCUT2D eigenvalue weighted by Crippen LogP contribution is -2.16. The fourth-order valence-electron chi connectivity index (χ4n) is 5.56. The Balaban J connectivity index is 1.06. The molecule has 6 unspecified atom stereocenters. The zero-order chi connectivity index (χ0) is 20.6. The highest BCUT2D eigenvalue weighted by Gasteiger charge is 2.48. The van der Waals surface area contributed by atoms with Crippen LogP contribution in [0.2, 0.25) is 0 Å². The second kappa shape index (κ2) is 11.7. The zero-order valence-corrected chi connectivity index (χ0v) is 19.5. The molecule has 0 bridgehead atoms. The Morgan fingerprint density at radius 3 is 2.07 bits per heavy atom. The molecule has 0 aromatic heterocycles. The van der Waals surface area contributed by atoms with Gasteiger partial charge in [0.05, 0.1) is 6.61 Å². The Morgan fingerprint density at radius 2 is 1.38 bits per heavy atom. The minimum absolute atomic E-state index is 0.00476. The van der Waals surface area contributed by atoms with Crippen LogP contribution >= 0.6 is 0 Å². The molecule has 0 spiro atoms. The van der Waals surface area contributed by atoms with E-state index in [0.717, 1.165) is 54.9 Å². The number of hydrogen-bond acceptors (Lipinski definition) is 3. The van der Waals surface area contributed by atoms with E-state index in [9.17, 15) is 4.79 Å². The number of esters is 1. The summed E-state index contributed by atoms with van der Waals surface area (Å²) in [4.78, 5) is 13.8. The summed E-state index contributed by atoms with van der Waals surface area (Å²) in [5.41, 5.74) is 0. The van der Waals surface area contributed by atoms with Crippen molar-refractivity contribution in [1.82, 2.24) is 4.90 Å². The first-order valence-corrected chi connectivity index (χ1v) is 12.9. The van der Waals surface area contributed by atoms with Gasteiger partial charge < -0.3 is 9.64 Å². The van der Waals surface area contributed by atoms with Crippen molar-refractivity contribution < 1.29 is 9.53 Å². The van der Waals surface area contributed by atoms with E-state index in [1.165, 1.54) is 44.9 Å². The van der Waals surface area contributed by atoms with Crippen LogP contribution in [0.4, 0.5) is 0 Å². The second-order valence-corrected chi connectivity index (χ2v) is 10.8. The molecule has 0 saturated heterocycles. The monoisotopic (exact) mass is 405 g/mol. The number of hydrogen-bond donors (Lipinski definition) is 0. The Hall–Kier alpha value is -0.570. The van der Waals surface area contributed by atoms with Crippen LogP contribution in [0.3, 0.4) is 0 Å². The number of unbranched alkanes of at least 4 members (excludes halogenated alkanes) is 4. The van der Waals surface area contributed by atoms with Crippen molar-refractivity contribution in [1.29, 1.82) is 0 Å². The number of ether oxygens (including phenoxy) is 1. The summed E-state index contributed by atoms with van der Waals surface area (Å²) in [6.07, 6.45) is 18.4. The van der Waals surface area contributed by atoms with Crippen LogP contribution in [0.1, 0.15) is 96.8 Å². The fourth-order valence-corrected chi connectivity index (χ4v) is 5.56. The van der Waals surface area contributed by atoms with E-state index in [0.29, 0.717) is 13.0 Å². The van der Waals surface area contributed by atoms with Gasteiger partial charge in [-0.2, -0.15) is 0 Å². The lowest BCUT2D eigenvalue weighted by molar-refractivity contribution is -0.143. The summed E-state index contributed by atoms with van der Waals surface area (Å²) in [6, 6.07) is 0. The van der Waals surface area contributed by atoms with Crippen LogP contribution < -0.4 is 0 Å². The third-order valence-electron chi connectivity index (χ3n) is 7.91. The molecule has 3 aliphatic rings. The third kappa shape index (κ3) is 8.99. The van der Waals surface area contributed by atoms with Gasteiger partial charge >= 0.3 is 5.97 Å². The molecule has 0 heterocycles. The van der Waals surface area contributed by atoms with Crippen molar-refractivity contribution in [2.24, 2.45) is 35.5 Å². The first kappa shape index (κ1) is 23.1. The van der Waals surface area contributed by atoms with Gasteiger partial charge in [0, 0.05) is 13.0 Å². The highest BCUT2D eigenvalue weighted by atomic mass is 16.5. The van der Waals surface area contributed by atoms with Crippen LogP contribution in [0.15, 0.2) is 0 Å². The van der Waals surface area contributed by atoms with Gasteiger partial charge in [-0.25, -0.2) is 0 Å². The van der Waals surface area contributed by atoms with Crippen molar-refractivity contribution in [3.63, 3.8) is 0 Å². The van der Waals surface area contributed by atoms with E-state index in [1.807, 2.05) is 14.1 Å². The Labute approximate surface area is 180 Å². The number of carbonyl (C=O) groups excluding carboxylic acids is 1. The second-order valence-electron chi connectivity index (χ2n) is 10.8. The van der Waals surface area contributed by atoms with Crippen molar-refractivity contribution >= 4 is 5.97 Å². The van der Waals surface area contributed by atoms with Gasteiger partial charge in [-0.05, 0) is 94.5 Å². The predicted octanol–water partition coefficient (Wildman–Crippen LogP) is 6.31. The number of carbonyl (C=O) groups is 1. The van der Waals surface area contributed by atoms with Crippen molar-refractivity contribution in [3.8, 4) is 0 Å². The number of nitrogens with zero attached hydrogens (tertiary/aromatic N) is 1. The quantitative estimate of drug-likeness (QED) is 0.210. The molecule has 0 N–H and O–H groups in total. The molecule has 3 nitrogen and oxygen atoms in total. The minimum atomic E-state index is -0.00476. The molecule has 3 fully saturated rings. The topological polar surface area (TPSA) is 29.5 Å². The van der Waals surface area contributed by atoms with E-state index in [1.54, 1.807) is 25.7 Å². The molecule has 3 aliphatic carbocycles. The summed E-state index contributed by atoms with van der Waals surface area (Å²) in [7, 11) is 4.09. The van der Waals surface area contributed by atoms with Crippen LogP contribution in [0, 0.1) is 35.5 Å². The maximum Gasteiger partial charge on any atom is 0.305 e. The highest BCUT2D eigenvalue weighted by molar-refractivity contribution is 5.69. The molecule has 0 aliphatic heterocycles. The van der Waals surface area contributed by atoms with Crippen molar-refractivity contribution in [2.75, 3.05) is 27.2 Å². The molecule has 3 saturated carbocycles. The van der Waals surface area contributed by atoms with E-state index in [2.05, 4.69) is 11.8 Å². The van der Waals surface area contributed by atoms with Gasteiger partial charge in [0.2, 0.25) is 0 Å². The van der Waals surface area contributed by atoms with Crippen molar-refractivity contribution in [3.05, 3.63) is 0 Å². The molecular formula is C26H47NO2. The maximum absolute atomic E-state index is 11.7. The highest BCUT2D eigenvalue weighted by Crippen LogP contribution is 2.58. The SMILES string of the molecule is CCC1CC1CC1CC1CC1CC1CCCCCCCC(=O)OCCCN(C)C. The zero-order valence-electron chi connectivity index (χ0n) is 19.5. The Kier molecular flexibility index (Phi) is 9.34. The molecular weight excluding hydrogens is 358 g/mol. The van der Waals surface area contributed by atoms with Crippen molar-refractivity contribution in [2.45, 2.75) is 96.8 Å². The summed E-state index contributed by atoms with van der Waals surface area (Å²) in [6.45, 7) is 3.92. The molecule has 0 aromatic carbocycles. The molecule has 3 rings (SSSR count). The minimum Gasteiger partial charge on any atom is -0.466 e. The van der Waals surface area contributed by atoms with Crippen LogP contribution in [-0.2, 0) is 9.53 Å². The molecule has 0 radical (unpaired) electrons. The first-order chi connectivity index (χ1) is 14.1. The first-order valence-electron chi connectivity index (χ1n) is 12.9. The van der Waals surface area contributed by atoms with Gasteiger partial charge in [0.15, 0.2) is 0 Å². The van der Waals surface area contributed by atoms with Crippen LogP contribution in [0.25, 0.3) is 0 Å². The van der Waals surface area contributed by atoms with E-state index >= 15 is 0 Å². The Morgan fingerprint density at radius 1 is 0.793 bits per heavy atom. The summed E-state index contributed by atoms with van der Waals surface area (Å²) >= 11 is 0. The van der Waals surface area contributed by atoms with Gasteiger partial charge in [-0.3, -0.25) is 4.79 Å². The smallest absolute Gasteiger partial charge is 0.305 e. The number of rotatable bonds is 17. The lowest BCUT2D eigenvalue weighted by Gasteiger charge is -2.09. The normalized spacial score (nSPS) is 32.4. The van der Waals surface area contributed by atoms with Gasteiger partial charge in [0.1, 0.15) is 0 Å². The van der Waals surface area contributed by atoms with Gasteiger partial charge in [-0.15, -0.1) is 0 Å².